The molecule has 0 unspecified atom stereocenters. The lowest BCUT2D eigenvalue weighted by Crippen LogP contribution is -2.36. The number of anilines is 1. The summed E-state index contributed by atoms with van der Waals surface area (Å²) in [7, 11) is 0. The summed E-state index contributed by atoms with van der Waals surface area (Å²) in [5, 5.41) is 2.94. The van der Waals surface area contributed by atoms with Gasteiger partial charge < -0.3 is 10.1 Å². The molecule has 4 heteroatoms. The molecule has 0 saturated carbocycles. The summed E-state index contributed by atoms with van der Waals surface area (Å²) in [4.78, 5) is 14.2. The molecule has 0 radical (unpaired) electrons. The molecule has 2 rings (SSSR count). The van der Waals surface area contributed by atoms with Crippen molar-refractivity contribution >= 4 is 11.6 Å². The highest BCUT2D eigenvalue weighted by Crippen LogP contribution is 2.18. The molecule has 0 aromatic heterocycles. The fraction of sp³-hybridized carbons (Fsp3) is 0.562. The van der Waals surface area contributed by atoms with Gasteiger partial charge in [-0.15, -0.1) is 0 Å². The molecule has 4 nitrogen and oxygen atoms in total. The van der Waals surface area contributed by atoms with Gasteiger partial charge in [0.15, 0.2) is 0 Å². The summed E-state index contributed by atoms with van der Waals surface area (Å²) in [6.45, 7) is 6.52. The van der Waals surface area contributed by atoms with Gasteiger partial charge in [0, 0.05) is 11.8 Å². The molecule has 1 aromatic rings. The Morgan fingerprint density at radius 1 is 1.30 bits per heavy atom. The van der Waals surface area contributed by atoms with Crippen LogP contribution in [0.1, 0.15) is 33.1 Å². The molecule has 1 amide bonds. The van der Waals surface area contributed by atoms with Crippen LogP contribution in [0.2, 0.25) is 0 Å². The highest BCUT2D eigenvalue weighted by molar-refractivity contribution is 5.92. The van der Waals surface area contributed by atoms with Crippen LogP contribution < -0.4 is 10.1 Å². The van der Waals surface area contributed by atoms with Gasteiger partial charge in [0.1, 0.15) is 5.75 Å². The summed E-state index contributed by atoms with van der Waals surface area (Å²) in [6, 6.07) is 7.56. The normalized spacial score (nSPS) is 16.1. The molecule has 1 aliphatic heterocycles. The second kappa shape index (κ2) is 7.29. The lowest BCUT2D eigenvalue weighted by atomic mass is 10.1. The zero-order chi connectivity index (χ0) is 14.4. The summed E-state index contributed by atoms with van der Waals surface area (Å²) in [5.74, 6) is 0.837. The first-order valence-corrected chi connectivity index (χ1v) is 7.42. The van der Waals surface area contributed by atoms with Crippen molar-refractivity contribution in [3.05, 3.63) is 24.3 Å². The smallest absolute Gasteiger partial charge is 0.238 e. The van der Waals surface area contributed by atoms with E-state index in [0.29, 0.717) is 6.54 Å². The number of nitrogens with zero attached hydrogens (tertiary/aromatic N) is 1. The molecule has 0 bridgehead atoms. The average Bonchev–Trinajstić information content (AvgIpc) is 2.39. The van der Waals surface area contributed by atoms with Gasteiger partial charge in [0.2, 0.25) is 5.91 Å². The number of rotatable bonds is 5. The zero-order valence-corrected chi connectivity index (χ0v) is 12.4. The average molecular weight is 276 g/mol. The van der Waals surface area contributed by atoms with Crippen molar-refractivity contribution in [1.29, 1.82) is 0 Å². The number of hydrogen-bond acceptors (Lipinski definition) is 3. The number of ether oxygens (including phenoxy) is 1. The Morgan fingerprint density at radius 3 is 2.75 bits per heavy atom. The Hall–Kier alpha value is -1.55. The number of carbonyl (C=O) groups excluding carboxylic acids is 1. The number of amides is 1. The Kier molecular flexibility index (Phi) is 5.41. The first kappa shape index (κ1) is 14.9. The van der Waals surface area contributed by atoms with Gasteiger partial charge in [-0.05, 0) is 51.9 Å². The van der Waals surface area contributed by atoms with E-state index in [0.717, 1.165) is 24.5 Å². The highest BCUT2D eigenvalue weighted by atomic mass is 16.5. The van der Waals surface area contributed by atoms with Gasteiger partial charge in [0.05, 0.1) is 12.6 Å². The first-order valence-electron chi connectivity index (χ1n) is 7.42. The van der Waals surface area contributed by atoms with Gasteiger partial charge in [-0.2, -0.15) is 0 Å². The standard InChI is InChI=1S/C16H24N2O2/c1-13(2)20-15-8-6-7-14(11-15)17-16(19)12-18-9-4-3-5-10-18/h6-8,11,13H,3-5,9-10,12H2,1-2H3,(H,17,19). The molecule has 110 valence electrons. The second-order valence-electron chi connectivity index (χ2n) is 5.58. The third-order valence-electron chi connectivity index (χ3n) is 3.31. The van der Waals surface area contributed by atoms with E-state index in [1.165, 1.54) is 19.3 Å². The third kappa shape index (κ3) is 4.85. The molecular formula is C16H24N2O2. The number of nitrogens with one attached hydrogen (secondary N) is 1. The van der Waals surface area contributed by atoms with Crippen molar-refractivity contribution in [1.82, 2.24) is 4.90 Å². The van der Waals surface area contributed by atoms with Crippen LogP contribution in [0.25, 0.3) is 0 Å². The zero-order valence-electron chi connectivity index (χ0n) is 12.4. The summed E-state index contributed by atoms with van der Waals surface area (Å²) < 4.78 is 5.62. The predicted molar refractivity (Wildman–Crippen MR) is 81.1 cm³/mol. The Labute approximate surface area is 121 Å². The van der Waals surface area contributed by atoms with Crippen LogP contribution in [0.5, 0.6) is 5.75 Å². The van der Waals surface area contributed by atoms with Gasteiger partial charge in [-0.25, -0.2) is 0 Å². The van der Waals surface area contributed by atoms with Crippen LogP contribution in [0.3, 0.4) is 0 Å². The van der Waals surface area contributed by atoms with Crippen LogP contribution in [-0.4, -0.2) is 36.5 Å². The Bertz CT molecular complexity index is 440. The van der Waals surface area contributed by atoms with Crippen molar-refractivity contribution in [2.24, 2.45) is 0 Å². The van der Waals surface area contributed by atoms with E-state index < -0.39 is 0 Å². The third-order valence-corrected chi connectivity index (χ3v) is 3.31. The maximum atomic E-state index is 12.0. The minimum atomic E-state index is 0.0496. The van der Waals surface area contributed by atoms with E-state index in [1.54, 1.807) is 0 Å². The number of carbonyl (C=O) groups is 1. The minimum Gasteiger partial charge on any atom is -0.491 e. The van der Waals surface area contributed by atoms with Gasteiger partial charge in [0.25, 0.3) is 0 Å². The second-order valence-corrected chi connectivity index (χ2v) is 5.58. The van der Waals surface area contributed by atoms with Crippen molar-refractivity contribution in [2.45, 2.75) is 39.2 Å². The van der Waals surface area contributed by atoms with Crippen LogP contribution in [0.15, 0.2) is 24.3 Å². The summed E-state index contributed by atoms with van der Waals surface area (Å²) in [6.07, 6.45) is 3.82. The molecular weight excluding hydrogens is 252 g/mol. The molecule has 1 saturated heterocycles. The van der Waals surface area contributed by atoms with Crippen molar-refractivity contribution in [3.63, 3.8) is 0 Å². The maximum absolute atomic E-state index is 12.0. The van der Waals surface area contributed by atoms with Gasteiger partial charge in [-0.3, -0.25) is 9.69 Å². The maximum Gasteiger partial charge on any atom is 0.238 e. The summed E-state index contributed by atoms with van der Waals surface area (Å²) in [5.41, 5.74) is 0.796. The molecule has 0 aliphatic carbocycles. The van der Waals surface area contributed by atoms with Crippen molar-refractivity contribution in [3.8, 4) is 5.75 Å². The number of likely N-dealkylation sites (tertiary alicyclic amines) is 1. The van der Waals surface area contributed by atoms with Crippen LogP contribution in [0.4, 0.5) is 5.69 Å². The predicted octanol–water partition coefficient (Wildman–Crippen LogP) is 2.90. The fourth-order valence-electron chi connectivity index (χ4n) is 2.44. The Morgan fingerprint density at radius 2 is 2.05 bits per heavy atom. The van der Waals surface area contributed by atoms with Crippen molar-refractivity contribution < 1.29 is 9.53 Å². The molecule has 1 aromatic carbocycles. The van der Waals surface area contributed by atoms with Crippen LogP contribution >= 0.6 is 0 Å². The van der Waals surface area contributed by atoms with E-state index in [4.69, 9.17) is 4.74 Å². The molecule has 1 fully saturated rings. The SMILES string of the molecule is CC(C)Oc1cccc(NC(=O)CN2CCCCC2)c1. The largest absolute Gasteiger partial charge is 0.491 e. The van der Waals surface area contributed by atoms with Crippen LogP contribution in [-0.2, 0) is 4.79 Å². The van der Waals surface area contributed by atoms with Gasteiger partial charge >= 0.3 is 0 Å². The van der Waals surface area contributed by atoms with Gasteiger partial charge in [-0.1, -0.05) is 12.5 Å². The number of benzene rings is 1. The Balaban J connectivity index is 1.86. The van der Waals surface area contributed by atoms with E-state index in [2.05, 4.69) is 10.2 Å². The minimum absolute atomic E-state index is 0.0496. The van der Waals surface area contributed by atoms with E-state index in [9.17, 15) is 4.79 Å². The lowest BCUT2D eigenvalue weighted by Gasteiger charge is -2.25. The number of piperidine rings is 1. The summed E-state index contributed by atoms with van der Waals surface area (Å²) >= 11 is 0. The first-order chi connectivity index (χ1) is 9.63. The molecule has 0 spiro atoms. The quantitative estimate of drug-likeness (QED) is 0.899. The van der Waals surface area contributed by atoms with E-state index >= 15 is 0 Å². The highest BCUT2D eigenvalue weighted by Gasteiger charge is 2.13. The van der Waals surface area contributed by atoms with E-state index in [1.807, 2.05) is 38.1 Å². The lowest BCUT2D eigenvalue weighted by molar-refractivity contribution is -0.117. The number of hydrogen-bond donors (Lipinski definition) is 1. The molecule has 1 aliphatic rings. The topological polar surface area (TPSA) is 41.6 Å². The fourth-order valence-corrected chi connectivity index (χ4v) is 2.44. The van der Waals surface area contributed by atoms with E-state index in [-0.39, 0.29) is 12.0 Å². The molecule has 1 heterocycles. The molecule has 1 N–H and O–H groups in total. The molecule has 20 heavy (non-hydrogen) atoms. The monoisotopic (exact) mass is 276 g/mol. The van der Waals surface area contributed by atoms with Crippen LogP contribution in [0, 0.1) is 0 Å². The van der Waals surface area contributed by atoms with Crippen molar-refractivity contribution in [2.75, 3.05) is 25.0 Å². The molecule has 0 atom stereocenters.